The topological polar surface area (TPSA) is 79.3 Å². The number of hydrogen-bond donors (Lipinski definition) is 2. The number of carboxylic acid groups (broad SMARTS) is 1. The summed E-state index contributed by atoms with van der Waals surface area (Å²) in [6, 6.07) is 26.5. The van der Waals surface area contributed by atoms with E-state index in [0.29, 0.717) is 11.1 Å². The average Bonchev–Trinajstić information content (AvgIpc) is 2.79. The molecule has 1 heterocycles. The molecule has 1 amide bonds. The van der Waals surface area contributed by atoms with Crippen LogP contribution in [0, 0.1) is 0 Å². The number of benzene rings is 3. The van der Waals surface area contributed by atoms with E-state index >= 15 is 0 Å². The number of para-hydroxylation sites is 1. The summed E-state index contributed by atoms with van der Waals surface area (Å²) in [5, 5.41) is 13.6. The first kappa shape index (κ1) is 19.3. The van der Waals surface area contributed by atoms with Crippen molar-refractivity contribution in [3.8, 4) is 0 Å². The van der Waals surface area contributed by atoms with Gasteiger partial charge in [-0.1, -0.05) is 78.9 Å². The van der Waals surface area contributed by atoms with E-state index in [9.17, 15) is 14.7 Å². The summed E-state index contributed by atoms with van der Waals surface area (Å²) in [5.74, 6) is -2.12. The third-order valence-electron chi connectivity index (χ3n) is 5.08. The number of hydrogen-bond acceptors (Lipinski definition) is 3. The second-order valence-corrected chi connectivity index (χ2v) is 6.97. The zero-order valence-electron chi connectivity index (χ0n) is 16.1. The molecule has 0 aliphatic heterocycles. The Labute approximate surface area is 174 Å². The van der Waals surface area contributed by atoms with Crippen LogP contribution in [0.4, 0.5) is 0 Å². The fourth-order valence-corrected chi connectivity index (χ4v) is 3.69. The maximum atomic E-state index is 13.1. The van der Waals surface area contributed by atoms with Gasteiger partial charge in [-0.05, 0) is 23.3 Å². The third kappa shape index (κ3) is 3.91. The van der Waals surface area contributed by atoms with E-state index in [1.807, 2.05) is 72.8 Å². The monoisotopic (exact) mass is 396 g/mol. The molecule has 2 N–H and O–H groups in total. The zero-order chi connectivity index (χ0) is 20.9. The van der Waals surface area contributed by atoms with Crippen molar-refractivity contribution in [2.45, 2.75) is 12.0 Å². The van der Waals surface area contributed by atoms with Crippen LogP contribution in [0.2, 0.25) is 0 Å². The second-order valence-electron chi connectivity index (χ2n) is 6.97. The number of nitrogens with zero attached hydrogens (tertiary/aromatic N) is 1. The number of aromatic nitrogens is 1. The van der Waals surface area contributed by atoms with Crippen LogP contribution >= 0.6 is 0 Å². The Balaban J connectivity index is 1.75. The van der Waals surface area contributed by atoms with E-state index in [1.165, 1.54) is 0 Å². The minimum atomic E-state index is -1.15. The summed E-state index contributed by atoms with van der Waals surface area (Å²) in [6.45, 7) is 0. The molecule has 5 heteroatoms. The number of aliphatic carboxylic acids is 1. The number of carbonyl (C=O) groups is 2. The molecule has 1 atom stereocenters. The number of carbonyl (C=O) groups excluding carboxylic acids is 1. The lowest BCUT2D eigenvalue weighted by Crippen LogP contribution is -2.45. The van der Waals surface area contributed by atoms with Crippen LogP contribution < -0.4 is 5.32 Å². The average molecular weight is 396 g/mol. The van der Waals surface area contributed by atoms with Gasteiger partial charge in [-0.3, -0.25) is 9.78 Å². The number of pyridine rings is 1. The van der Waals surface area contributed by atoms with Gasteiger partial charge in [0, 0.05) is 17.5 Å². The van der Waals surface area contributed by atoms with Gasteiger partial charge in [0.05, 0.1) is 11.1 Å². The van der Waals surface area contributed by atoms with E-state index in [1.54, 1.807) is 24.4 Å². The molecular weight excluding hydrogens is 376 g/mol. The van der Waals surface area contributed by atoms with Crippen molar-refractivity contribution in [1.29, 1.82) is 0 Å². The first-order chi connectivity index (χ1) is 14.6. The Morgan fingerprint density at radius 1 is 0.767 bits per heavy atom. The molecule has 5 nitrogen and oxygen atoms in total. The first-order valence-electron chi connectivity index (χ1n) is 9.62. The molecule has 4 rings (SSSR count). The highest BCUT2D eigenvalue weighted by Gasteiger charge is 2.32. The molecule has 0 fully saturated rings. The molecule has 0 bridgehead atoms. The predicted octanol–water partition coefficient (Wildman–Crippen LogP) is 4.25. The fraction of sp³-hybridized carbons (Fsp3) is 0.0800. The maximum Gasteiger partial charge on any atom is 0.327 e. The molecule has 0 saturated heterocycles. The predicted molar refractivity (Wildman–Crippen MR) is 115 cm³/mol. The van der Waals surface area contributed by atoms with Crippen molar-refractivity contribution in [2.75, 3.05) is 0 Å². The molecule has 0 radical (unpaired) electrons. The molecule has 30 heavy (non-hydrogen) atoms. The molecule has 1 aromatic heterocycles. The normalized spacial score (nSPS) is 11.9. The lowest BCUT2D eigenvalue weighted by atomic mass is 9.85. The van der Waals surface area contributed by atoms with Crippen LogP contribution in [0.3, 0.4) is 0 Å². The van der Waals surface area contributed by atoms with Gasteiger partial charge in [-0.25, -0.2) is 4.79 Å². The van der Waals surface area contributed by atoms with Gasteiger partial charge in [-0.15, -0.1) is 0 Å². The summed E-state index contributed by atoms with van der Waals surface area (Å²) in [5.41, 5.74) is 2.51. The number of carboxylic acids is 1. The van der Waals surface area contributed by atoms with Gasteiger partial charge < -0.3 is 10.4 Å². The van der Waals surface area contributed by atoms with Gasteiger partial charge in [0.25, 0.3) is 5.91 Å². The van der Waals surface area contributed by atoms with Gasteiger partial charge >= 0.3 is 5.97 Å². The Hall–Kier alpha value is -3.99. The molecule has 0 spiro atoms. The summed E-state index contributed by atoms with van der Waals surface area (Å²) < 4.78 is 0. The molecule has 0 saturated carbocycles. The van der Waals surface area contributed by atoms with E-state index < -0.39 is 23.8 Å². The van der Waals surface area contributed by atoms with Crippen molar-refractivity contribution < 1.29 is 14.7 Å². The molecule has 4 aromatic rings. The van der Waals surface area contributed by atoms with Crippen molar-refractivity contribution in [3.63, 3.8) is 0 Å². The van der Waals surface area contributed by atoms with Gasteiger partial charge in [0.2, 0.25) is 0 Å². The number of nitrogens with one attached hydrogen (secondary N) is 1. The molecule has 0 unspecified atom stereocenters. The Morgan fingerprint density at radius 3 is 1.97 bits per heavy atom. The fourth-order valence-electron chi connectivity index (χ4n) is 3.69. The number of amides is 1. The summed E-state index contributed by atoms with van der Waals surface area (Å²) in [4.78, 5) is 29.7. The third-order valence-corrected chi connectivity index (χ3v) is 5.08. The van der Waals surface area contributed by atoms with Gasteiger partial charge in [-0.2, -0.15) is 0 Å². The van der Waals surface area contributed by atoms with E-state index in [0.717, 1.165) is 16.5 Å². The quantitative estimate of drug-likeness (QED) is 0.511. The number of rotatable bonds is 6. The SMILES string of the molecule is O=C(N[C@@H](C(=O)O)C(c1ccccc1)c1ccccc1)c1cccc2cccnc12. The minimum absolute atomic E-state index is 0.347. The first-order valence-corrected chi connectivity index (χ1v) is 9.62. The van der Waals surface area contributed by atoms with Crippen LogP contribution in [0.25, 0.3) is 10.9 Å². The lowest BCUT2D eigenvalue weighted by molar-refractivity contribution is -0.139. The Kier molecular flexibility index (Phi) is 5.52. The Bertz CT molecular complexity index is 1130. The number of fused-ring (bicyclic) bond motifs is 1. The van der Waals surface area contributed by atoms with Crippen molar-refractivity contribution in [1.82, 2.24) is 10.3 Å². The Morgan fingerprint density at radius 2 is 1.37 bits per heavy atom. The van der Waals surface area contributed by atoms with Crippen molar-refractivity contribution in [3.05, 3.63) is 114 Å². The van der Waals surface area contributed by atoms with Crippen LogP contribution in [-0.4, -0.2) is 28.0 Å². The van der Waals surface area contributed by atoms with E-state index in [4.69, 9.17) is 0 Å². The summed E-state index contributed by atoms with van der Waals surface area (Å²) >= 11 is 0. The molecular formula is C25H20N2O3. The van der Waals surface area contributed by atoms with Crippen LogP contribution in [0.1, 0.15) is 27.4 Å². The second kappa shape index (κ2) is 8.57. The standard InChI is InChI=1S/C25H20N2O3/c28-24(20-15-7-13-19-14-8-16-26-22(19)20)27-23(25(29)30)21(17-9-3-1-4-10-17)18-11-5-2-6-12-18/h1-16,21,23H,(H,27,28)(H,29,30)/t23-/m1/s1. The molecule has 148 valence electrons. The van der Waals surface area contributed by atoms with Crippen LogP contribution in [-0.2, 0) is 4.79 Å². The van der Waals surface area contributed by atoms with E-state index in [2.05, 4.69) is 10.3 Å². The molecule has 0 aliphatic carbocycles. The zero-order valence-corrected chi connectivity index (χ0v) is 16.1. The lowest BCUT2D eigenvalue weighted by Gasteiger charge is -2.26. The molecule has 0 aliphatic rings. The summed E-state index contributed by atoms with van der Waals surface area (Å²) in [6.07, 6.45) is 1.62. The maximum absolute atomic E-state index is 13.1. The van der Waals surface area contributed by atoms with Crippen LogP contribution in [0.5, 0.6) is 0 Å². The largest absolute Gasteiger partial charge is 0.480 e. The van der Waals surface area contributed by atoms with E-state index in [-0.39, 0.29) is 0 Å². The van der Waals surface area contributed by atoms with Crippen molar-refractivity contribution >= 4 is 22.8 Å². The minimum Gasteiger partial charge on any atom is -0.480 e. The van der Waals surface area contributed by atoms with Crippen LogP contribution in [0.15, 0.2) is 97.2 Å². The highest BCUT2D eigenvalue weighted by Crippen LogP contribution is 2.29. The van der Waals surface area contributed by atoms with Gasteiger partial charge in [0.1, 0.15) is 6.04 Å². The molecule has 3 aromatic carbocycles. The highest BCUT2D eigenvalue weighted by molar-refractivity contribution is 6.06. The summed E-state index contributed by atoms with van der Waals surface area (Å²) in [7, 11) is 0. The van der Waals surface area contributed by atoms with Gasteiger partial charge in [0.15, 0.2) is 0 Å². The smallest absolute Gasteiger partial charge is 0.327 e. The highest BCUT2D eigenvalue weighted by atomic mass is 16.4. The van der Waals surface area contributed by atoms with Crippen molar-refractivity contribution in [2.24, 2.45) is 0 Å².